The zero-order chi connectivity index (χ0) is 23.6. The fourth-order valence-corrected chi connectivity index (χ4v) is 3.47. The minimum atomic E-state index is -4.86. The molecule has 2 aromatic carbocycles. The molecule has 0 aliphatic heterocycles. The zero-order valence-electron chi connectivity index (χ0n) is 17.5. The highest BCUT2D eigenvalue weighted by Gasteiger charge is 2.31. The first kappa shape index (κ1) is 23.1. The van der Waals surface area contributed by atoms with Crippen LogP contribution in [0.25, 0.3) is 10.9 Å². The Bertz CT molecular complexity index is 1170. The molecule has 0 aliphatic rings. The van der Waals surface area contributed by atoms with Gasteiger partial charge in [0.15, 0.2) is 11.6 Å². The number of carbonyl (C=O) groups excluding carboxylic acids is 2. The summed E-state index contributed by atoms with van der Waals surface area (Å²) in [5.41, 5.74) is 1.18. The van der Waals surface area contributed by atoms with Crippen LogP contribution in [0, 0.1) is 12.7 Å². The third-order valence-electron chi connectivity index (χ3n) is 4.86. The van der Waals surface area contributed by atoms with Crippen molar-refractivity contribution in [2.45, 2.75) is 26.6 Å². The topological polar surface area (TPSA) is 69.6 Å². The van der Waals surface area contributed by atoms with Crippen molar-refractivity contribution in [1.82, 2.24) is 9.88 Å². The molecule has 0 saturated carbocycles. The highest BCUT2D eigenvalue weighted by molar-refractivity contribution is 6.05. The number of rotatable bonds is 6. The number of carbonyl (C=O) groups is 2. The van der Waals surface area contributed by atoms with Gasteiger partial charge < -0.3 is 14.8 Å². The number of hydrogen-bond donors (Lipinski definition) is 1. The van der Waals surface area contributed by atoms with Crippen LogP contribution >= 0.6 is 0 Å². The van der Waals surface area contributed by atoms with Crippen LogP contribution in [-0.2, 0) is 11.2 Å². The second kappa shape index (κ2) is 8.89. The number of halogens is 4. The second-order valence-corrected chi connectivity index (χ2v) is 6.91. The molecule has 0 bridgehead atoms. The van der Waals surface area contributed by atoms with Gasteiger partial charge in [0.25, 0.3) is 5.91 Å². The van der Waals surface area contributed by atoms with Crippen molar-refractivity contribution < 1.29 is 36.6 Å². The van der Waals surface area contributed by atoms with E-state index in [2.05, 4.69) is 10.1 Å². The third-order valence-corrected chi connectivity index (χ3v) is 4.86. The molecule has 0 radical (unpaired) electrons. The maximum absolute atomic E-state index is 14.4. The van der Waals surface area contributed by atoms with Gasteiger partial charge in [-0.25, -0.2) is 4.39 Å². The number of likely N-dealkylation sites (N-methyl/N-ethyl adjacent to an activating group) is 1. The predicted octanol–water partition coefficient (Wildman–Crippen LogP) is 4.36. The fraction of sp³-hybridized carbons (Fsp3) is 0.273. The maximum atomic E-state index is 14.4. The van der Waals surface area contributed by atoms with E-state index in [1.807, 2.05) is 0 Å². The van der Waals surface area contributed by atoms with Gasteiger partial charge in [-0.1, -0.05) is 0 Å². The highest BCUT2D eigenvalue weighted by atomic mass is 19.4. The Morgan fingerprint density at radius 3 is 2.34 bits per heavy atom. The van der Waals surface area contributed by atoms with Crippen LogP contribution < -0.4 is 14.8 Å². The minimum Gasteiger partial charge on any atom is -0.494 e. The SMILES string of the molecule is CCNC(=O)Cc1c(C)n(C(=O)c2ccc(OC(F)(F)F)cc2)c2cc(F)c(OC)cc12. The van der Waals surface area contributed by atoms with Crippen molar-refractivity contribution in [3.8, 4) is 11.5 Å². The molecule has 1 N–H and O–H groups in total. The van der Waals surface area contributed by atoms with Crippen LogP contribution in [0.5, 0.6) is 11.5 Å². The van der Waals surface area contributed by atoms with E-state index >= 15 is 0 Å². The molecule has 1 heterocycles. The fourth-order valence-electron chi connectivity index (χ4n) is 3.47. The zero-order valence-corrected chi connectivity index (χ0v) is 17.5. The molecule has 0 unspecified atom stereocenters. The summed E-state index contributed by atoms with van der Waals surface area (Å²) in [5, 5.41) is 3.13. The van der Waals surface area contributed by atoms with Crippen LogP contribution in [0.1, 0.15) is 28.5 Å². The van der Waals surface area contributed by atoms with Gasteiger partial charge >= 0.3 is 6.36 Å². The first-order chi connectivity index (χ1) is 15.1. The van der Waals surface area contributed by atoms with E-state index < -0.39 is 23.8 Å². The smallest absolute Gasteiger partial charge is 0.494 e. The van der Waals surface area contributed by atoms with Crippen LogP contribution in [0.4, 0.5) is 17.6 Å². The maximum Gasteiger partial charge on any atom is 0.573 e. The predicted molar refractivity (Wildman–Crippen MR) is 108 cm³/mol. The van der Waals surface area contributed by atoms with Crippen LogP contribution in [0.3, 0.4) is 0 Å². The van der Waals surface area contributed by atoms with Crippen LogP contribution in [0.15, 0.2) is 36.4 Å². The standard InChI is InChI=1S/C22H20F4N2O4/c1-4-27-20(29)10-15-12(2)28(18-11-17(23)19(31-3)9-16(15)18)21(30)13-5-7-14(8-6-13)32-22(24,25)26/h5-9,11H,4,10H2,1-3H3,(H,27,29). The molecule has 3 aromatic rings. The summed E-state index contributed by atoms with van der Waals surface area (Å²) >= 11 is 0. The first-order valence-corrected chi connectivity index (χ1v) is 9.60. The second-order valence-electron chi connectivity index (χ2n) is 6.91. The lowest BCUT2D eigenvalue weighted by molar-refractivity contribution is -0.274. The summed E-state index contributed by atoms with van der Waals surface area (Å²) in [6.07, 6.45) is -4.91. The molecule has 32 heavy (non-hydrogen) atoms. The largest absolute Gasteiger partial charge is 0.573 e. The van der Waals surface area contributed by atoms with Gasteiger partial charge in [0.05, 0.1) is 19.0 Å². The van der Waals surface area contributed by atoms with E-state index in [0.717, 1.165) is 18.2 Å². The molecule has 170 valence electrons. The number of ether oxygens (including phenoxy) is 2. The number of fused-ring (bicyclic) bond motifs is 1. The van der Waals surface area contributed by atoms with Gasteiger partial charge in [-0.15, -0.1) is 13.2 Å². The summed E-state index contributed by atoms with van der Waals surface area (Å²) in [6.45, 7) is 3.79. The Labute approximate surface area is 180 Å². The summed E-state index contributed by atoms with van der Waals surface area (Å²) in [4.78, 5) is 25.4. The molecular weight excluding hydrogens is 432 g/mol. The van der Waals surface area contributed by atoms with E-state index in [1.54, 1.807) is 13.8 Å². The van der Waals surface area contributed by atoms with Crippen LogP contribution in [0.2, 0.25) is 0 Å². The van der Waals surface area contributed by atoms with Gasteiger partial charge in [0, 0.05) is 29.3 Å². The van der Waals surface area contributed by atoms with Crippen LogP contribution in [-0.4, -0.2) is 36.4 Å². The molecule has 0 saturated heterocycles. The van der Waals surface area contributed by atoms with Crippen molar-refractivity contribution in [3.63, 3.8) is 0 Å². The Morgan fingerprint density at radius 2 is 1.78 bits per heavy atom. The first-order valence-electron chi connectivity index (χ1n) is 9.60. The Hall–Kier alpha value is -3.56. The van der Waals surface area contributed by atoms with E-state index in [0.29, 0.717) is 23.2 Å². The van der Waals surface area contributed by atoms with E-state index in [-0.39, 0.29) is 29.2 Å². The van der Waals surface area contributed by atoms with Gasteiger partial charge in [-0.2, -0.15) is 0 Å². The van der Waals surface area contributed by atoms with E-state index in [9.17, 15) is 27.2 Å². The Morgan fingerprint density at radius 1 is 1.12 bits per heavy atom. The number of nitrogens with zero attached hydrogens (tertiary/aromatic N) is 1. The van der Waals surface area contributed by atoms with Gasteiger partial charge in [0.1, 0.15) is 5.75 Å². The summed E-state index contributed by atoms with van der Waals surface area (Å²) < 4.78 is 61.7. The summed E-state index contributed by atoms with van der Waals surface area (Å²) in [7, 11) is 1.30. The summed E-state index contributed by atoms with van der Waals surface area (Å²) in [6, 6.07) is 6.93. The lowest BCUT2D eigenvalue weighted by Gasteiger charge is -2.11. The number of hydrogen-bond acceptors (Lipinski definition) is 4. The number of amides is 1. The Balaban J connectivity index is 2.10. The van der Waals surface area contributed by atoms with Gasteiger partial charge in [-0.3, -0.25) is 14.2 Å². The van der Waals surface area contributed by atoms with Crippen molar-refractivity contribution >= 4 is 22.7 Å². The van der Waals surface area contributed by atoms with Crippen molar-refractivity contribution in [2.75, 3.05) is 13.7 Å². The minimum absolute atomic E-state index is 0.0482. The molecule has 0 atom stereocenters. The average molecular weight is 452 g/mol. The number of methoxy groups -OCH3 is 1. The molecule has 0 aliphatic carbocycles. The third kappa shape index (κ3) is 4.68. The van der Waals surface area contributed by atoms with Gasteiger partial charge in [0.2, 0.25) is 5.91 Å². The number of benzene rings is 2. The van der Waals surface area contributed by atoms with E-state index in [4.69, 9.17) is 4.74 Å². The lowest BCUT2D eigenvalue weighted by atomic mass is 10.1. The lowest BCUT2D eigenvalue weighted by Crippen LogP contribution is -2.24. The molecule has 10 heteroatoms. The number of aromatic nitrogens is 1. The molecule has 3 rings (SSSR count). The van der Waals surface area contributed by atoms with Crippen molar-refractivity contribution in [3.05, 3.63) is 59.0 Å². The quantitative estimate of drug-likeness (QED) is 0.565. The monoisotopic (exact) mass is 452 g/mol. The van der Waals surface area contributed by atoms with Gasteiger partial charge in [-0.05, 0) is 49.7 Å². The normalized spacial score (nSPS) is 11.5. The summed E-state index contributed by atoms with van der Waals surface area (Å²) in [5.74, 6) is -2.11. The van der Waals surface area contributed by atoms with E-state index in [1.165, 1.54) is 29.9 Å². The molecule has 0 fully saturated rings. The molecule has 0 spiro atoms. The number of alkyl halides is 3. The molecule has 1 amide bonds. The van der Waals surface area contributed by atoms with Crippen molar-refractivity contribution in [1.29, 1.82) is 0 Å². The highest BCUT2D eigenvalue weighted by Crippen LogP contribution is 2.33. The Kier molecular flexibility index (Phi) is 6.42. The number of nitrogens with one attached hydrogen (secondary N) is 1. The van der Waals surface area contributed by atoms with Crippen molar-refractivity contribution in [2.24, 2.45) is 0 Å². The molecular formula is C22H20F4N2O4. The molecule has 1 aromatic heterocycles. The average Bonchev–Trinajstić information content (AvgIpc) is 2.97. The molecule has 6 nitrogen and oxygen atoms in total.